The SMILES string of the molecule is CC1(C)CCC(C)(C)c2cc(-c3ccsc3CN)ccc21. The molecule has 21 heavy (non-hydrogen) atoms. The molecule has 0 unspecified atom stereocenters. The highest BCUT2D eigenvalue weighted by molar-refractivity contribution is 7.10. The first-order chi connectivity index (χ1) is 9.85. The molecule has 2 heteroatoms. The number of hydrogen-bond donors (Lipinski definition) is 1. The quantitative estimate of drug-likeness (QED) is 0.808. The molecule has 0 atom stereocenters. The molecule has 2 N–H and O–H groups in total. The van der Waals surface area contributed by atoms with Crippen LogP contribution in [0.5, 0.6) is 0 Å². The van der Waals surface area contributed by atoms with Gasteiger partial charge in [-0.1, -0.05) is 45.9 Å². The Labute approximate surface area is 132 Å². The summed E-state index contributed by atoms with van der Waals surface area (Å²) < 4.78 is 0. The average molecular weight is 299 g/mol. The normalized spacial score (nSPS) is 19.3. The first-order valence-corrected chi connectivity index (χ1v) is 8.65. The summed E-state index contributed by atoms with van der Waals surface area (Å²) in [6.07, 6.45) is 2.52. The van der Waals surface area contributed by atoms with Crippen molar-refractivity contribution in [2.24, 2.45) is 5.73 Å². The molecule has 112 valence electrons. The van der Waals surface area contributed by atoms with Crippen molar-refractivity contribution in [1.29, 1.82) is 0 Å². The molecule has 1 aromatic carbocycles. The van der Waals surface area contributed by atoms with Crippen molar-refractivity contribution in [1.82, 2.24) is 0 Å². The molecule has 0 fully saturated rings. The molecule has 0 saturated carbocycles. The summed E-state index contributed by atoms with van der Waals surface area (Å²) in [4.78, 5) is 1.28. The standard InChI is InChI=1S/C19H25NS/c1-18(2)8-9-19(3,4)16-11-13(5-6-15(16)18)14-7-10-21-17(14)12-20/h5-7,10-11H,8-9,12,20H2,1-4H3. The Kier molecular flexibility index (Phi) is 3.50. The van der Waals surface area contributed by atoms with Crippen LogP contribution < -0.4 is 5.73 Å². The summed E-state index contributed by atoms with van der Waals surface area (Å²) in [5.41, 5.74) is 12.1. The van der Waals surface area contributed by atoms with E-state index in [0.29, 0.717) is 6.54 Å². The third-order valence-corrected chi connectivity index (χ3v) is 6.04. The first kappa shape index (κ1) is 14.8. The monoisotopic (exact) mass is 299 g/mol. The van der Waals surface area contributed by atoms with Gasteiger partial charge in [-0.15, -0.1) is 11.3 Å². The molecule has 0 bridgehead atoms. The van der Waals surface area contributed by atoms with Gasteiger partial charge in [0.25, 0.3) is 0 Å². The molecular weight excluding hydrogens is 274 g/mol. The average Bonchev–Trinajstić information content (AvgIpc) is 2.92. The van der Waals surface area contributed by atoms with Crippen molar-refractivity contribution in [2.45, 2.75) is 57.9 Å². The van der Waals surface area contributed by atoms with Crippen molar-refractivity contribution in [3.63, 3.8) is 0 Å². The zero-order valence-corrected chi connectivity index (χ0v) is 14.3. The van der Waals surface area contributed by atoms with Crippen LogP contribution in [0.3, 0.4) is 0 Å². The van der Waals surface area contributed by atoms with Crippen LogP contribution in [0, 0.1) is 0 Å². The minimum absolute atomic E-state index is 0.264. The van der Waals surface area contributed by atoms with E-state index in [-0.39, 0.29) is 10.8 Å². The van der Waals surface area contributed by atoms with Gasteiger partial charge >= 0.3 is 0 Å². The maximum Gasteiger partial charge on any atom is 0.0280 e. The molecule has 1 aromatic heterocycles. The van der Waals surface area contributed by atoms with Gasteiger partial charge < -0.3 is 5.73 Å². The summed E-state index contributed by atoms with van der Waals surface area (Å²) in [6.45, 7) is 10.1. The van der Waals surface area contributed by atoms with Gasteiger partial charge in [0.1, 0.15) is 0 Å². The fourth-order valence-corrected chi connectivity index (χ4v) is 4.29. The Morgan fingerprint density at radius 1 is 1.00 bits per heavy atom. The molecule has 1 aliphatic rings. The van der Waals surface area contributed by atoms with E-state index >= 15 is 0 Å². The second-order valence-corrected chi connectivity index (χ2v) is 8.49. The highest BCUT2D eigenvalue weighted by Crippen LogP contribution is 2.47. The molecule has 0 aliphatic heterocycles. The van der Waals surface area contributed by atoms with Crippen LogP contribution in [-0.2, 0) is 17.4 Å². The summed E-state index contributed by atoms with van der Waals surface area (Å²) in [6, 6.07) is 9.25. The lowest BCUT2D eigenvalue weighted by Gasteiger charge is -2.42. The minimum Gasteiger partial charge on any atom is -0.326 e. The second kappa shape index (κ2) is 4.96. The number of rotatable bonds is 2. The third kappa shape index (κ3) is 2.45. The van der Waals surface area contributed by atoms with E-state index in [2.05, 4.69) is 57.3 Å². The Morgan fingerprint density at radius 2 is 1.67 bits per heavy atom. The van der Waals surface area contributed by atoms with Crippen LogP contribution in [0.4, 0.5) is 0 Å². The van der Waals surface area contributed by atoms with E-state index in [0.717, 1.165) is 0 Å². The summed E-state index contributed by atoms with van der Waals surface area (Å²) in [5, 5.41) is 2.14. The lowest BCUT2D eigenvalue weighted by molar-refractivity contribution is 0.332. The lowest BCUT2D eigenvalue weighted by atomic mass is 9.63. The summed E-state index contributed by atoms with van der Waals surface area (Å²) >= 11 is 1.76. The molecular formula is C19H25NS. The Balaban J connectivity index is 2.16. The number of thiophene rings is 1. The zero-order chi connectivity index (χ0) is 15.3. The third-order valence-electron chi connectivity index (χ3n) is 5.09. The van der Waals surface area contributed by atoms with E-state index in [9.17, 15) is 0 Å². The molecule has 2 aromatic rings. The largest absolute Gasteiger partial charge is 0.326 e. The Bertz CT molecular complexity index is 664. The van der Waals surface area contributed by atoms with Gasteiger partial charge in [-0.3, -0.25) is 0 Å². The van der Waals surface area contributed by atoms with Crippen LogP contribution in [0.15, 0.2) is 29.6 Å². The van der Waals surface area contributed by atoms with Crippen molar-refractivity contribution >= 4 is 11.3 Å². The van der Waals surface area contributed by atoms with Gasteiger partial charge in [0.15, 0.2) is 0 Å². The van der Waals surface area contributed by atoms with Crippen LogP contribution >= 0.6 is 11.3 Å². The Morgan fingerprint density at radius 3 is 2.33 bits per heavy atom. The van der Waals surface area contributed by atoms with Gasteiger partial charge in [-0.05, 0) is 57.4 Å². The van der Waals surface area contributed by atoms with E-state index in [1.165, 1.54) is 40.0 Å². The predicted octanol–water partition coefficient (Wildman–Crippen LogP) is 5.22. The maximum absolute atomic E-state index is 5.88. The molecule has 0 radical (unpaired) electrons. The summed E-state index contributed by atoms with van der Waals surface area (Å²) in [7, 11) is 0. The van der Waals surface area contributed by atoms with Crippen molar-refractivity contribution in [3.05, 3.63) is 45.6 Å². The molecule has 0 spiro atoms. The fraction of sp³-hybridized carbons (Fsp3) is 0.474. The topological polar surface area (TPSA) is 26.0 Å². The van der Waals surface area contributed by atoms with E-state index in [1.54, 1.807) is 11.3 Å². The van der Waals surface area contributed by atoms with E-state index in [1.807, 2.05) is 0 Å². The molecule has 0 amide bonds. The molecule has 0 saturated heterocycles. The van der Waals surface area contributed by atoms with Crippen LogP contribution in [0.1, 0.15) is 56.5 Å². The van der Waals surface area contributed by atoms with Gasteiger partial charge in [0.2, 0.25) is 0 Å². The molecule has 1 heterocycles. The maximum atomic E-state index is 5.88. The van der Waals surface area contributed by atoms with Crippen molar-refractivity contribution in [2.75, 3.05) is 0 Å². The molecule has 3 rings (SSSR count). The van der Waals surface area contributed by atoms with Gasteiger partial charge in [-0.2, -0.15) is 0 Å². The van der Waals surface area contributed by atoms with Crippen LogP contribution in [0.25, 0.3) is 11.1 Å². The lowest BCUT2D eigenvalue weighted by Crippen LogP contribution is -2.33. The van der Waals surface area contributed by atoms with Crippen molar-refractivity contribution < 1.29 is 0 Å². The predicted molar refractivity (Wildman–Crippen MR) is 92.9 cm³/mol. The fourth-order valence-electron chi connectivity index (χ4n) is 3.51. The number of hydrogen-bond acceptors (Lipinski definition) is 2. The van der Waals surface area contributed by atoms with Gasteiger partial charge in [0.05, 0.1) is 0 Å². The highest BCUT2D eigenvalue weighted by atomic mass is 32.1. The van der Waals surface area contributed by atoms with Gasteiger partial charge in [0, 0.05) is 11.4 Å². The molecule has 1 aliphatic carbocycles. The van der Waals surface area contributed by atoms with Crippen molar-refractivity contribution in [3.8, 4) is 11.1 Å². The first-order valence-electron chi connectivity index (χ1n) is 7.77. The zero-order valence-electron chi connectivity index (χ0n) is 13.5. The highest BCUT2D eigenvalue weighted by Gasteiger charge is 2.37. The number of fused-ring (bicyclic) bond motifs is 1. The number of nitrogens with two attached hydrogens (primary N) is 1. The minimum atomic E-state index is 0.264. The molecule has 1 nitrogen and oxygen atoms in total. The smallest absolute Gasteiger partial charge is 0.0280 e. The van der Waals surface area contributed by atoms with E-state index < -0.39 is 0 Å². The summed E-state index contributed by atoms with van der Waals surface area (Å²) in [5.74, 6) is 0. The van der Waals surface area contributed by atoms with E-state index in [4.69, 9.17) is 5.73 Å². The van der Waals surface area contributed by atoms with Gasteiger partial charge in [-0.25, -0.2) is 0 Å². The van der Waals surface area contributed by atoms with Crippen LogP contribution in [0.2, 0.25) is 0 Å². The van der Waals surface area contributed by atoms with Crippen LogP contribution in [-0.4, -0.2) is 0 Å². The number of benzene rings is 1. The Hall–Kier alpha value is -1.12. The second-order valence-electron chi connectivity index (χ2n) is 7.49.